The second-order valence-electron chi connectivity index (χ2n) is 4.18. The summed E-state index contributed by atoms with van der Waals surface area (Å²) >= 11 is 0. The number of hydrogen-bond acceptors (Lipinski definition) is 4. The molecule has 0 aliphatic carbocycles. The van der Waals surface area contributed by atoms with E-state index in [9.17, 15) is 0 Å². The summed E-state index contributed by atoms with van der Waals surface area (Å²) in [6.07, 6.45) is 1.62. The van der Waals surface area contributed by atoms with E-state index in [0.29, 0.717) is 17.4 Å². The molecule has 0 atom stereocenters. The molecule has 2 rings (SSSR count). The van der Waals surface area contributed by atoms with Crippen molar-refractivity contribution in [1.29, 1.82) is 0 Å². The lowest BCUT2D eigenvalue weighted by Crippen LogP contribution is -2.18. The van der Waals surface area contributed by atoms with Crippen LogP contribution in [0.3, 0.4) is 0 Å². The van der Waals surface area contributed by atoms with E-state index >= 15 is 0 Å². The van der Waals surface area contributed by atoms with Gasteiger partial charge in [0.05, 0.1) is 12.0 Å². The summed E-state index contributed by atoms with van der Waals surface area (Å²) in [4.78, 5) is 0. The molecular formula is C12H16N2O2. The molecule has 0 radical (unpaired) electrons. The average molecular weight is 220 g/mol. The van der Waals surface area contributed by atoms with Crippen molar-refractivity contribution in [2.75, 3.05) is 6.54 Å². The predicted octanol–water partition coefficient (Wildman–Crippen LogP) is 2.68. The standard InChI is InChI=1S/C12H16N2O2/c1-9(2)7-13-8-10-6-12(16-14-10)11-4-3-5-15-11/h3-6,9,13H,7-8H2,1-2H3. The highest BCUT2D eigenvalue weighted by molar-refractivity contribution is 5.49. The molecule has 2 aromatic heterocycles. The van der Waals surface area contributed by atoms with Gasteiger partial charge in [-0.15, -0.1) is 0 Å². The second-order valence-corrected chi connectivity index (χ2v) is 4.18. The van der Waals surface area contributed by atoms with Gasteiger partial charge in [-0.2, -0.15) is 0 Å². The van der Waals surface area contributed by atoms with Crippen molar-refractivity contribution in [3.8, 4) is 11.5 Å². The molecule has 16 heavy (non-hydrogen) atoms. The minimum atomic E-state index is 0.636. The molecule has 0 aliphatic rings. The van der Waals surface area contributed by atoms with Gasteiger partial charge in [-0.05, 0) is 24.6 Å². The van der Waals surface area contributed by atoms with E-state index in [1.165, 1.54) is 0 Å². The van der Waals surface area contributed by atoms with Gasteiger partial charge in [-0.1, -0.05) is 19.0 Å². The van der Waals surface area contributed by atoms with Crippen molar-refractivity contribution in [1.82, 2.24) is 10.5 Å². The largest absolute Gasteiger partial charge is 0.461 e. The third kappa shape index (κ3) is 2.73. The maximum absolute atomic E-state index is 5.22. The van der Waals surface area contributed by atoms with Gasteiger partial charge in [0, 0.05) is 12.6 Å². The first-order chi connectivity index (χ1) is 7.75. The molecule has 0 unspecified atom stereocenters. The van der Waals surface area contributed by atoms with Crippen LogP contribution in [-0.4, -0.2) is 11.7 Å². The molecule has 0 amide bonds. The van der Waals surface area contributed by atoms with Gasteiger partial charge in [-0.3, -0.25) is 0 Å². The molecule has 0 saturated carbocycles. The molecule has 86 valence electrons. The number of rotatable bonds is 5. The molecule has 0 saturated heterocycles. The lowest BCUT2D eigenvalue weighted by molar-refractivity contribution is 0.406. The highest BCUT2D eigenvalue weighted by atomic mass is 16.5. The quantitative estimate of drug-likeness (QED) is 0.841. The fourth-order valence-corrected chi connectivity index (χ4v) is 1.42. The number of nitrogens with one attached hydrogen (secondary N) is 1. The SMILES string of the molecule is CC(C)CNCc1cc(-c2ccco2)on1. The number of hydrogen-bond donors (Lipinski definition) is 1. The fraction of sp³-hybridized carbons (Fsp3) is 0.417. The molecule has 4 heteroatoms. The van der Waals surface area contributed by atoms with Crippen molar-refractivity contribution in [2.45, 2.75) is 20.4 Å². The molecule has 2 aromatic rings. The van der Waals surface area contributed by atoms with E-state index in [2.05, 4.69) is 24.3 Å². The van der Waals surface area contributed by atoms with Crippen LogP contribution in [0.4, 0.5) is 0 Å². The summed E-state index contributed by atoms with van der Waals surface area (Å²) in [6, 6.07) is 5.58. The second kappa shape index (κ2) is 4.99. The molecule has 0 spiro atoms. The molecule has 4 nitrogen and oxygen atoms in total. The lowest BCUT2D eigenvalue weighted by Gasteiger charge is -2.03. The van der Waals surface area contributed by atoms with Crippen LogP contribution in [0.5, 0.6) is 0 Å². The first-order valence-electron chi connectivity index (χ1n) is 5.46. The van der Waals surface area contributed by atoms with Crippen LogP contribution in [-0.2, 0) is 6.54 Å². The first-order valence-corrected chi connectivity index (χ1v) is 5.46. The smallest absolute Gasteiger partial charge is 0.202 e. The monoisotopic (exact) mass is 220 g/mol. The minimum Gasteiger partial charge on any atom is -0.461 e. The zero-order valence-corrected chi connectivity index (χ0v) is 9.56. The third-order valence-corrected chi connectivity index (χ3v) is 2.18. The van der Waals surface area contributed by atoms with E-state index in [4.69, 9.17) is 8.94 Å². The molecule has 0 aliphatic heterocycles. The van der Waals surface area contributed by atoms with E-state index in [1.54, 1.807) is 6.26 Å². The lowest BCUT2D eigenvalue weighted by atomic mass is 10.2. The first kappa shape index (κ1) is 11.0. The number of nitrogens with zero attached hydrogens (tertiary/aromatic N) is 1. The molecule has 2 heterocycles. The third-order valence-electron chi connectivity index (χ3n) is 2.18. The van der Waals surface area contributed by atoms with Gasteiger partial charge >= 0.3 is 0 Å². The Morgan fingerprint density at radius 2 is 2.25 bits per heavy atom. The van der Waals surface area contributed by atoms with E-state index in [-0.39, 0.29) is 0 Å². The van der Waals surface area contributed by atoms with Crippen LogP contribution in [0.1, 0.15) is 19.5 Å². The fourth-order valence-electron chi connectivity index (χ4n) is 1.42. The Kier molecular flexibility index (Phi) is 3.41. The Morgan fingerprint density at radius 3 is 2.94 bits per heavy atom. The maximum atomic E-state index is 5.22. The number of furan rings is 1. The Balaban J connectivity index is 1.93. The predicted molar refractivity (Wildman–Crippen MR) is 60.7 cm³/mol. The van der Waals surface area contributed by atoms with Crippen LogP contribution in [0.2, 0.25) is 0 Å². The van der Waals surface area contributed by atoms with Crippen molar-refractivity contribution < 1.29 is 8.94 Å². The highest BCUT2D eigenvalue weighted by Crippen LogP contribution is 2.20. The summed E-state index contributed by atoms with van der Waals surface area (Å²) in [5.74, 6) is 2.02. The van der Waals surface area contributed by atoms with Gasteiger partial charge in [-0.25, -0.2) is 0 Å². The zero-order chi connectivity index (χ0) is 11.4. The Bertz CT molecular complexity index is 418. The summed E-state index contributed by atoms with van der Waals surface area (Å²) < 4.78 is 10.4. The van der Waals surface area contributed by atoms with E-state index in [1.807, 2.05) is 18.2 Å². The summed E-state index contributed by atoms with van der Waals surface area (Å²) in [5, 5.41) is 7.28. The summed E-state index contributed by atoms with van der Waals surface area (Å²) in [6.45, 7) is 6.04. The van der Waals surface area contributed by atoms with Gasteiger partial charge in [0.2, 0.25) is 5.76 Å². The van der Waals surface area contributed by atoms with E-state index in [0.717, 1.165) is 18.8 Å². The van der Waals surface area contributed by atoms with Crippen molar-refractivity contribution in [3.05, 3.63) is 30.2 Å². The zero-order valence-electron chi connectivity index (χ0n) is 9.56. The van der Waals surface area contributed by atoms with Crippen molar-refractivity contribution >= 4 is 0 Å². The normalized spacial score (nSPS) is 11.2. The van der Waals surface area contributed by atoms with Gasteiger partial charge in [0.1, 0.15) is 0 Å². The summed E-state index contributed by atoms with van der Waals surface area (Å²) in [7, 11) is 0. The van der Waals surface area contributed by atoms with Crippen LogP contribution in [0, 0.1) is 5.92 Å². The Morgan fingerprint density at radius 1 is 1.38 bits per heavy atom. The van der Waals surface area contributed by atoms with Crippen LogP contribution >= 0.6 is 0 Å². The van der Waals surface area contributed by atoms with Crippen molar-refractivity contribution in [3.63, 3.8) is 0 Å². The molecule has 1 N–H and O–H groups in total. The average Bonchev–Trinajstić information content (AvgIpc) is 2.85. The van der Waals surface area contributed by atoms with Gasteiger partial charge in [0.25, 0.3) is 0 Å². The van der Waals surface area contributed by atoms with Crippen molar-refractivity contribution in [2.24, 2.45) is 5.92 Å². The topological polar surface area (TPSA) is 51.2 Å². The Hall–Kier alpha value is -1.55. The highest BCUT2D eigenvalue weighted by Gasteiger charge is 2.08. The molecular weight excluding hydrogens is 204 g/mol. The van der Waals surface area contributed by atoms with Gasteiger partial charge in [0.15, 0.2) is 5.76 Å². The Labute approximate surface area is 94.6 Å². The van der Waals surface area contributed by atoms with Gasteiger partial charge < -0.3 is 14.3 Å². The summed E-state index contributed by atoms with van der Waals surface area (Å²) in [5.41, 5.74) is 0.895. The van der Waals surface area contributed by atoms with Crippen LogP contribution in [0.15, 0.2) is 33.4 Å². The van der Waals surface area contributed by atoms with Crippen LogP contribution < -0.4 is 5.32 Å². The minimum absolute atomic E-state index is 0.636. The number of aromatic nitrogens is 1. The molecule has 0 bridgehead atoms. The maximum Gasteiger partial charge on any atom is 0.202 e. The van der Waals surface area contributed by atoms with E-state index < -0.39 is 0 Å². The van der Waals surface area contributed by atoms with Crippen LogP contribution in [0.25, 0.3) is 11.5 Å². The molecule has 0 fully saturated rings. The molecule has 0 aromatic carbocycles.